The summed E-state index contributed by atoms with van der Waals surface area (Å²) >= 11 is 0. The first-order chi connectivity index (χ1) is 16.4. The standard InChI is InChI=1S/C23H30F2N8O.ClH/c1-17-18(15-30-33(17)23(26)14-22(27-4-10-34)28-16-29-23)3-2-5-31-6-8-32(9-7-31)21-12-19(24)11-20(25)13-21;/h2-3,11-16,27,34H,4-10,26H2,1H3,(H,28,29);1H/b3-2+;. The second-order valence-electron chi connectivity index (χ2n) is 8.31. The Morgan fingerprint density at radius 3 is 2.60 bits per heavy atom. The van der Waals surface area contributed by atoms with Gasteiger partial charge in [-0.3, -0.25) is 10.6 Å². The van der Waals surface area contributed by atoms with Gasteiger partial charge in [-0.2, -0.15) is 5.10 Å². The third kappa shape index (κ3) is 6.37. The first-order valence-corrected chi connectivity index (χ1v) is 11.2. The summed E-state index contributed by atoms with van der Waals surface area (Å²) in [6, 6.07) is 3.63. The van der Waals surface area contributed by atoms with Crippen LogP contribution in [-0.2, 0) is 5.79 Å². The van der Waals surface area contributed by atoms with E-state index < -0.39 is 17.4 Å². The summed E-state index contributed by atoms with van der Waals surface area (Å²) in [5.41, 5.74) is 8.87. The minimum atomic E-state index is -1.17. The van der Waals surface area contributed by atoms with Gasteiger partial charge in [0.1, 0.15) is 17.5 Å². The van der Waals surface area contributed by atoms with Crippen molar-refractivity contribution >= 4 is 30.5 Å². The quantitative estimate of drug-likeness (QED) is 0.426. The number of benzene rings is 1. The summed E-state index contributed by atoms with van der Waals surface area (Å²) < 4.78 is 28.7. The van der Waals surface area contributed by atoms with E-state index in [-0.39, 0.29) is 19.0 Å². The summed E-state index contributed by atoms with van der Waals surface area (Å²) in [4.78, 5) is 8.62. The van der Waals surface area contributed by atoms with Crippen LogP contribution in [0.2, 0.25) is 0 Å². The molecule has 9 nitrogen and oxygen atoms in total. The predicted octanol–water partition coefficient (Wildman–Crippen LogP) is 1.35. The number of nitrogens with zero attached hydrogens (tertiary/aromatic N) is 5. The zero-order valence-corrected chi connectivity index (χ0v) is 20.3. The van der Waals surface area contributed by atoms with Crippen LogP contribution in [0.25, 0.3) is 6.08 Å². The molecule has 0 radical (unpaired) electrons. The number of aromatic nitrogens is 2. The maximum Gasteiger partial charge on any atom is 0.228 e. The van der Waals surface area contributed by atoms with Crippen LogP contribution in [-0.4, -0.2) is 72.0 Å². The lowest BCUT2D eigenvalue weighted by Crippen LogP contribution is -2.46. The Hall–Kier alpha value is -2.99. The van der Waals surface area contributed by atoms with Gasteiger partial charge in [-0.05, 0) is 19.1 Å². The van der Waals surface area contributed by atoms with Crippen LogP contribution in [0, 0.1) is 18.6 Å². The van der Waals surface area contributed by atoms with Gasteiger partial charge in [0.15, 0.2) is 0 Å². The molecule has 1 saturated heterocycles. The van der Waals surface area contributed by atoms with Gasteiger partial charge in [0.2, 0.25) is 5.79 Å². The van der Waals surface area contributed by atoms with E-state index in [1.807, 2.05) is 17.9 Å². The Labute approximate surface area is 209 Å². The van der Waals surface area contributed by atoms with E-state index in [0.29, 0.717) is 31.1 Å². The van der Waals surface area contributed by atoms with Gasteiger partial charge >= 0.3 is 0 Å². The highest BCUT2D eigenvalue weighted by Gasteiger charge is 2.29. The monoisotopic (exact) mass is 508 g/mol. The number of aliphatic hydroxyl groups is 1. The van der Waals surface area contributed by atoms with Crippen molar-refractivity contribution in [2.45, 2.75) is 12.7 Å². The SMILES string of the molecule is Cc1c(/C=C/CN2CCN(c3cc(F)cc(F)c3)CC2)cnn1C1(N)C=C(NCCO)NC=N1.Cl. The maximum absolute atomic E-state index is 13.5. The molecule has 1 aromatic carbocycles. The van der Waals surface area contributed by atoms with Gasteiger partial charge in [0.25, 0.3) is 0 Å². The van der Waals surface area contributed by atoms with Crippen molar-refractivity contribution < 1.29 is 13.9 Å². The molecule has 5 N–H and O–H groups in total. The number of halogens is 3. The smallest absolute Gasteiger partial charge is 0.228 e. The summed E-state index contributed by atoms with van der Waals surface area (Å²) in [5, 5.41) is 19.5. The molecule has 1 unspecified atom stereocenters. The van der Waals surface area contributed by atoms with Crippen LogP contribution in [0.5, 0.6) is 0 Å². The van der Waals surface area contributed by atoms with E-state index in [4.69, 9.17) is 10.8 Å². The number of anilines is 1. The molecule has 2 aliphatic rings. The lowest BCUT2D eigenvalue weighted by Gasteiger charge is -2.35. The van der Waals surface area contributed by atoms with E-state index in [2.05, 4.69) is 31.7 Å². The van der Waals surface area contributed by atoms with Gasteiger partial charge in [-0.15, -0.1) is 12.4 Å². The molecule has 35 heavy (non-hydrogen) atoms. The van der Waals surface area contributed by atoms with Crippen molar-refractivity contribution in [3.8, 4) is 0 Å². The van der Waals surface area contributed by atoms with E-state index in [1.165, 1.54) is 18.5 Å². The van der Waals surface area contributed by atoms with Crippen LogP contribution >= 0.6 is 12.4 Å². The first kappa shape index (κ1) is 26.6. The predicted molar refractivity (Wildman–Crippen MR) is 135 cm³/mol. The Kier molecular flexibility index (Phi) is 8.84. The third-order valence-corrected chi connectivity index (χ3v) is 5.91. The lowest BCUT2D eigenvalue weighted by atomic mass is 10.2. The third-order valence-electron chi connectivity index (χ3n) is 5.91. The van der Waals surface area contributed by atoms with Crippen molar-refractivity contribution in [1.29, 1.82) is 0 Å². The van der Waals surface area contributed by atoms with Gasteiger partial charge < -0.3 is 20.6 Å². The molecule has 0 saturated carbocycles. The van der Waals surface area contributed by atoms with Crippen LogP contribution in [0.1, 0.15) is 11.3 Å². The second kappa shape index (κ2) is 11.6. The minimum Gasteiger partial charge on any atom is -0.395 e. The fraction of sp³-hybridized carbons (Fsp3) is 0.391. The molecule has 0 aliphatic carbocycles. The minimum absolute atomic E-state index is 0. The number of hydrogen-bond acceptors (Lipinski definition) is 8. The highest BCUT2D eigenvalue weighted by atomic mass is 35.5. The molecule has 190 valence electrons. The fourth-order valence-electron chi connectivity index (χ4n) is 4.09. The molecule has 2 aromatic rings. The maximum atomic E-state index is 13.5. The normalized spacial score (nSPS) is 20.5. The highest BCUT2D eigenvalue weighted by molar-refractivity contribution is 5.85. The molecule has 4 rings (SSSR count). The van der Waals surface area contributed by atoms with E-state index >= 15 is 0 Å². The number of aliphatic imine (C=N–C) groups is 1. The molecular formula is C23H31ClF2N8O. The van der Waals surface area contributed by atoms with Gasteiger partial charge in [0.05, 0.1) is 19.1 Å². The zero-order valence-electron chi connectivity index (χ0n) is 19.5. The van der Waals surface area contributed by atoms with Gasteiger partial charge in [-0.25, -0.2) is 18.5 Å². The zero-order chi connectivity index (χ0) is 24.1. The highest BCUT2D eigenvalue weighted by Crippen LogP contribution is 2.22. The van der Waals surface area contributed by atoms with Crippen molar-refractivity contribution in [2.75, 3.05) is 50.8 Å². The van der Waals surface area contributed by atoms with E-state index in [1.54, 1.807) is 17.0 Å². The van der Waals surface area contributed by atoms with Gasteiger partial charge in [0, 0.05) is 68.4 Å². The van der Waals surface area contributed by atoms with Crippen molar-refractivity contribution in [1.82, 2.24) is 25.3 Å². The Morgan fingerprint density at radius 1 is 1.20 bits per heavy atom. The molecule has 1 atom stereocenters. The Morgan fingerprint density at radius 2 is 1.91 bits per heavy atom. The molecule has 3 heterocycles. The Balaban J connectivity index is 0.00000342. The van der Waals surface area contributed by atoms with Crippen LogP contribution in [0.15, 0.2) is 47.4 Å². The average molecular weight is 509 g/mol. The number of nitrogens with one attached hydrogen (secondary N) is 2. The number of nitrogens with two attached hydrogens (primary N) is 1. The molecule has 1 fully saturated rings. The molecule has 1 aromatic heterocycles. The summed E-state index contributed by atoms with van der Waals surface area (Å²) in [7, 11) is 0. The second-order valence-corrected chi connectivity index (χ2v) is 8.31. The Bertz CT molecular complexity index is 1080. The molecule has 2 aliphatic heterocycles. The topological polar surface area (TPSA) is 107 Å². The van der Waals surface area contributed by atoms with Gasteiger partial charge in [-0.1, -0.05) is 12.2 Å². The van der Waals surface area contributed by atoms with Crippen LogP contribution < -0.4 is 21.3 Å². The van der Waals surface area contributed by atoms with Crippen molar-refractivity contribution in [2.24, 2.45) is 10.7 Å². The lowest BCUT2D eigenvalue weighted by molar-refractivity contribution is 0.284. The number of hydrogen-bond donors (Lipinski definition) is 4. The summed E-state index contributed by atoms with van der Waals surface area (Å²) in [6.45, 7) is 6.07. The molecule has 0 bridgehead atoms. The molecule has 0 spiro atoms. The van der Waals surface area contributed by atoms with E-state index in [9.17, 15) is 8.78 Å². The average Bonchev–Trinajstić information content (AvgIpc) is 3.19. The summed E-state index contributed by atoms with van der Waals surface area (Å²) in [6.07, 6.45) is 9.07. The fourth-order valence-corrected chi connectivity index (χ4v) is 4.09. The van der Waals surface area contributed by atoms with E-state index in [0.717, 1.165) is 37.0 Å². The number of piperazine rings is 1. The summed E-state index contributed by atoms with van der Waals surface area (Å²) in [5.74, 6) is -1.64. The first-order valence-electron chi connectivity index (χ1n) is 11.2. The van der Waals surface area contributed by atoms with Crippen molar-refractivity contribution in [3.63, 3.8) is 0 Å². The molecule has 0 amide bonds. The largest absolute Gasteiger partial charge is 0.395 e. The number of aliphatic hydroxyl groups excluding tert-OH is 1. The van der Waals surface area contributed by atoms with Crippen molar-refractivity contribution in [3.05, 3.63) is 65.3 Å². The molecule has 12 heteroatoms. The van der Waals surface area contributed by atoms with Crippen LogP contribution in [0.4, 0.5) is 14.5 Å². The van der Waals surface area contributed by atoms with Crippen LogP contribution in [0.3, 0.4) is 0 Å². The number of rotatable bonds is 8. The molecular weight excluding hydrogens is 478 g/mol.